The van der Waals surface area contributed by atoms with Crippen molar-refractivity contribution >= 4 is 18.7 Å². The Hall–Kier alpha value is -2.67. The molecule has 0 saturated carbocycles. The summed E-state index contributed by atoms with van der Waals surface area (Å²) in [5.74, 6) is -1.03. The van der Waals surface area contributed by atoms with Crippen molar-refractivity contribution in [3.63, 3.8) is 0 Å². The highest BCUT2D eigenvalue weighted by molar-refractivity contribution is 5.88. The molecule has 1 aromatic rings. The van der Waals surface area contributed by atoms with Crippen LogP contribution in [0.1, 0.15) is 18.5 Å². The van der Waals surface area contributed by atoms with Gasteiger partial charge in [-0.2, -0.15) is 0 Å². The van der Waals surface area contributed by atoms with Crippen molar-refractivity contribution < 1.29 is 23.8 Å². The summed E-state index contributed by atoms with van der Waals surface area (Å²) in [6.07, 6.45) is 1.35. The molecule has 7 heteroatoms. The van der Waals surface area contributed by atoms with Crippen LogP contribution < -0.4 is 0 Å². The average molecular weight is 360 g/mol. The van der Waals surface area contributed by atoms with E-state index >= 15 is 0 Å². The monoisotopic (exact) mass is 360 g/mol. The van der Waals surface area contributed by atoms with Gasteiger partial charge < -0.3 is 19.1 Å². The van der Waals surface area contributed by atoms with Gasteiger partial charge in [-0.15, -0.1) is 0 Å². The quantitative estimate of drug-likeness (QED) is 0.401. The highest BCUT2D eigenvalue weighted by atomic mass is 16.6. The Balaban J connectivity index is 2.09. The number of ether oxygens (including phenoxy) is 3. The van der Waals surface area contributed by atoms with E-state index in [9.17, 15) is 9.59 Å². The Morgan fingerprint density at radius 1 is 1.38 bits per heavy atom. The Morgan fingerprint density at radius 2 is 2.04 bits per heavy atom. The van der Waals surface area contributed by atoms with Crippen LogP contribution in [0.2, 0.25) is 0 Å². The van der Waals surface area contributed by atoms with Gasteiger partial charge in [0.2, 0.25) is 0 Å². The molecule has 0 amide bonds. The molecule has 0 unspecified atom stereocenters. The van der Waals surface area contributed by atoms with Crippen molar-refractivity contribution in [1.29, 1.82) is 0 Å². The van der Waals surface area contributed by atoms with E-state index in [4.69, 9.17) is 14.2 Å². The summed E-state index contributed by atoms with van der Waals surface area (Å²) in [4.78, 5) is 30.0. The molecule has 0 aromatic heterocycles. The highest BCUT2D eigenvalue weighted by Crippen LogP contribution is 2.30. The number of methoxy groups -OCH3 is 1. The molecule has 1 saturated heterocycles. The second kappa shape index (κ2) is 8.62. The largest absolute Gasteiger partial charge is 0.468 e. The molecule has 0 spiro atoms. The minimum absolute atomic E-state index is 0.0849. The van der Waals surface area contributed by atoms with Gasteiger partial charge in [-0.3, -0.25) is 9.79 Å². The molecule has 0 aliphatic carbocycles. The van der Waals surface area contributed by atoms with Gasteiger partial charge in [-0.25, -0.2) is 4.79 Å². The van der Waals surface area contributed by atoms with E-state index in [0.29, 0.717) is 0 Å². The van der Waals surface area contributed by atoms with Gasteiger partial charge in [0.1, 0.15) is 17.7 Å². The molecule has 26 heavy (non-hydrogen) atoms. The first kappa shape index (κ1) is 19.7. The third-order valence-electron chi connectivity index (χ3n) is 4.52. The molecular weight excluding hydrogens is 336 g/mol. The molecule has 7 nitrogen and oxygen atoms in total. The molecule has 1 atom stereocenters. The molecule has 1 aliphatic rings. The Bertz CT molecular complexity index is 682. The lowest BCUT2D eigenvalue weighted by Gasteiger charge is -2.38. The van der Waals surface area contributed by atoms with E-state index in [1.54, 1.807) is 11.9 Å². The Labute approximate surface area is 153 Å². The second-order valence-corrected chi connectivity index (χ2v) is 6.24. The van der Waals surface area contributed by atoms with Gasteiger partial charge in [0.05, 0.1) is 32.6 Å². The molecule has 0 radical (unpaired) electrons. The van der Waals surface area contributed by atoms with Gasteiger partial charge in [0.15, 0.2) is 0 Å². The number of hydrogen-bond acceptors (Lipinski definition) is 7. The molecule has 0 bridgehead atoms. The number of benzene rings is 1. The summed E-state index contributed by atoms with van der Waals surface area (Å²) >= 11 is 0. The van der Waals surface area contributed by atoms with Gasteiger partial charge >= 0.3 is 11.9 Å². The fraction of sp³-hybridized carbons (Fsp3) is 0.421. The minimum atomic E-state index is -0.930. The molecule has 140 valence electrons. The van der Waals surface area contributed by atoms with Crippen LogP contribution in [0, 0.1) is 5.41 Å². The molecule has 1 aromatic carbocycles. The van der Waals surface area contributed by atoms with E-state index in [1.165, 1.54) is 13.3 Å². The van der Waals surface area contributed by atoms with Crippen molar-refractivity contribution in [2.45, 2.75) is 13.0 Å². The normalized spacial score (nSPS) is 16.8. The summed E-state index contributed by atoms with van der Waals surface area (Å²) in [7, 11) is 3.07. The Kier molecular flexibility index (Phi) is 6.52. The van der Waals surface area contributed by atoms with Crippen molar-refractivity contribution in [1.82, 2.24) is 4.90 Å². The van der Waals surface area contributed by atoms with Crippen LogP contribution in [0.25, 0.3) is 0 Å². The first-order valence-electron chi connectivity index (χ1n) is 8.22. The first-order chi connectivity index (χ1) is 12.4. The van der Waals surface area contributed by atoms with Gasteiger partial charge in [0, 0.05) is 7.05 Å². The number of rotatable bonds is 8. The predicted molar refractivity (Wildman–Crippen MR) is 96.5 cm³/mol. The van der Waals surface area contributed by atoms with Crippen molar-refractivity contribution in [3.05, 3.63) is 47.8 Å². The van der Waals surface area contributed by atoms with Crippen LogP contribution >= 0.6 is 0 Å². The standard InChI is InChI=1S/C19H24N2O5/c1-14(15-8-6-5-7-9-15)21(3)16(10-20-2)17(22)26-13-19(11-25-12-19)18(23)24-4/h5-10,14H,2,11-13H2,1,3-4H3/b16-10-/t14-/m1/s1. The van der Waals surface area contributed by atoms with Crippen molar-refractivity contribution in [2.75, 3.05) is 34.0 Å². The second-order valence-electron chi connectivity index (χ2n) is 6.24. The number of esters is 2. The van der Waals surface area contributed by atoms with Gasteiger partial charge in [-0.1, -0.05) is 30.3 Å². The number of nitrogens with zero attached hydrogens (tertiary/aromatic N) is 2. The van der Waals surface area contributed by atoms with Crippen LogP contribution in [0.4, 0.5) is 0 Å². The van der Waals surface area contributed by atoms with E-state index in [0.717, 1.165) is 5.56 Å². The summed E-state index contributed by atoms with van der Waals surface area (Å²) < 4.78 is 15.3. The number of likely N-dealkylation sites (N-methyl/N-ethyl adjacent to an activating group) is 1. The molecule has 1 heterocycles. The molecular formula is C19H24N2O5. The maximum Gasteiger partial charge on any atom is 0.356 e. The van der Waals surface area contributed by atoms with Gasteiger partial charge in [0.25, 0.3) is 0 Å². The maximum absolute atomic E-state index is 12.6. The third-order valence-corrected chi connectivity index (χ3v) is 4.52. The summed E-state index contributed by atoms with van der Waals surface area (Å²) in [5.41, 5.74) is 0.355. The lowest BCUT2D eigenvalue weighted by Crippen LogP contribution is -2.53. The van der Waals surface area contributed by atoms with E-state index in [1.807, 2.05) is 37.3 Å². The Morgan fingerprint density at radius 3 is 2.54 bits per heavy atom. The lowest BCUT2D eigenvalue weighted by molar-refractivity contribution is -0.195. The van der Waals surface area contributed by atoms with Crippen molar-refractivity contribution in [3.8, 4) is 0 Å². The zero-order valence-electron chi connectivity index (χ0n) is 15.3. The SMILES string of the molecule is C=N/C=C(/C(=O)OCC1(C(=O)OC)COC1)N(C)[C@H](C)c1ccccc1. The zero-order valence-corrected chi connectivity index (χ0v) is 15.3. The predicted octanol–water partition coefficient (Wildman–Crippen LogP) is 1.95. The number of hydrogen-bond donors (Lipinski definition) is 0. The van der Waals surface area contributed by atoms with E-state index in [-0.39, 0.29) is 31.6 Å². The zero-order chi connectivity index (χ0) is 19.2. The van der Waals surface area contributed by atoms with E-state index in [2.05, 4.69) is 11.7 Å². The highest BCUT2D eigenvalue weighted by Gasteiger charge is 2.48. The molecule has 2 rings (SSSR count). The van der Waals surface area contributed by atoms with Crippen LogP contribution in [0.3, 0.4) is 0 Å². The molecule has 1 aliphatic heterocycles. The lowest BCUT2D eigenvalue weighted by atomic mass is 9.87. The van der Waals surface area contributed by atoms with Gasteiger partial charge in [-0.05, 0) is 19.2 Å². The third kappa shape index (κ3) is 4.11. The maximum atomic E-state index is 12.6. The molecule has 0 N–H and O–H groups in total. The smallest absolute Gasteiger partial charge is 0.356 e. The van der Waals surface area contributed by atoms with Crippen LogP contribution in [0.15, 0.2) is 47.2 Å². The van der Waals surface area contributed by atoms with E-state index < -0.39 is 17.4 Å². The van der Waals surface area contributed by atoms with Crippen molar-refractivity contribution in [2.24, 2.45) is 10.4 Å². The summed E-state index contributed by atoms with van der Waals surface area (Å²) in [5, 5.41) is 0. The summed E-state index contributed by atoms with van der Waals surface area (Å²) in [6, 6.07) is 9.67. The average Bonchev–Trinajstić information content (AvgIpc) is 2.64. The fourth-order valence-corrected chi connectivity index (χ4v) is 2.64. The van der Waals surface area contributed by atoms with Crippen LogP contribution in [-0.2, 0) is 23.8 Å². The van der Waals surface area contributed by atoms with Crippen LogP contribution in [0.5, 0.6) is 0 Å². The summed E-state index contributed by atoms with van der Waals surface area (Å²) in [6.45, 7) is 5.61. The number of aliphatic imine (C=N–C) groups is 1. The first-order valence-corrected chi connectivity index (χ1v) is 8.22. The molecule has 1 fully saturated rings. The number of carbonyl (C=O) groups is 2. The fourth-order valence-electron chi connectivity index (χ4n) is 2.64. The van der Waals surface area contributed by atoms with Crippen LogP contribution in [-0.4, -0.2) is 57.5 Å². The topological polar surface area (TPSA) is 77.4 Å². The minimum Gasteiger partial charge on any atom is -0.468 e. The number of carbonyl (C=O) groups excluding carboxylic acids is 2.